The van der Waals surface area contributed by atoms with Crippen LogP contribution in [0.2, 0.25) is 0 Å². The van der Waals surface area contributed by atoms with Gasteiger partial charge in [0.1, 0.15) is 5.75 Å². The largest absolute Gasteiger partial charge is 0.336 e. The van der Waals surface area contributed by atoms with Crippen LogP contribution in [0, 0.1) is 13.8 Å². The molecule has 2 atom stereocenters. The summed E-state index contributed by atoms with van der Waals surface area (Å²) >= 11 is 0. The summed E-state index contributed by atoms with van der Waals surface area (Å²) in [6.07, 6.45) is 5.98. The predicted molar refractivity (Wildman–Crippen MR) is 105 cm³/mol. The first-order chi connectivity index (χ1) is 12.7. The number of carbonyl (C=O) groups is 1. The number of nitrogens with zero attached hydrogens (tertiary/aromatic N) is 3. The SMILES string of the molecule is Cc1ccc(C)c(-n2ccnc2S(=O)(=O)CC(=O)N2[C@H](C)CCC[C@H]2C)c1. The van der Waals surface area contributed by atoms with Crippen LogP contribution in [-0.2, 0) is 14.6 Å². The van der Waals surface area contributed by atoms with E-state index < -0.39 is 15.6 Å². The number of imidazole rings is 1. The fourth-order valence-electron chi connectivity index (χ4n) is 3.90. The third kappa shape index (κ3) is 3.93. The van der Waals surface area contributed by atoms with Crippen molar-refractivity contribution in [2.24, 2.45) is 0 Å². The molecule has 3 rings (SSSR count). The van der Waals surface area contributed by atoms with Crippen molar-refractivity contribution in [2.45, 2.75) is 64.2 Å². The number of hydrogen-bond acceptors (Lipinski definition) is 4. The van der Waals surface area contributed by atoms with E-state index in [9.17, 15) is 13.2 Å². The van der Waals surface area contributed by atoms with Crippen LogP contribution in [0.15, 0.2) is 35.7 Å². The van der Waals surface area contributed by atoms with Gasteiger partial charge in [-0.1, -0.05) is 12.1 Å². The highest BCUT2D eigenvalue weighted by atomic mass is 32.2. The molecule has 0 bridgehead atoms. The second-order valence-corrected chi connectivity index (χ2v) is 9.44. The summed E-state index contributed by atoms with van der Waals surface area (Å²) in [5, 5.41) is -0.0816. The molecule has 0 spiro atoms. The van der Waals surface area contributed by atoms with E-state index in [-0.39, 0.29) is 23.1 Å². The van der Waals surface area contributed by atoms with Crippen LogP contribution in [0.4, 0.5) is 0 Å². The number of likely N-dealkylation sites (tertiary alicyclic amines) is 1. The van der Waals surface area contributed by atoms with Crippen LogP contribution >= 0.6 is 0 Å². The summed E-state index contributed by atoms with van der Waals surface area (Å²) in [4.78, 5) is 18.6. The number of aromatic nitrogens is 2. The normalized spacial score (nSPS) is 20.7. The fraction of sp³-hybridized carbons (Fsp3) is 0.500. The van der Waals surface area contributed by atoms with Crippen molar-refractivity contribution in [1.82, 2.24) is 14.5 Å². The van der Waals surface area contributed by atoms with Gasteiger partial charge in [-0.15, -0.1) is 0 Å². The molecule has 0 N–H and O–H groups in total. The van der Waals surface area contributed by atoms with Crippen molar-refractivity contribution in [3.05, 3.63) is 41.7 Å². The third-order valence-electron chi connectivity index (χ3n) is 5.30. The van der Waals surface area contributed by atoms with Crippen molar-refractivity contribution in [3.63, 3.8) is 0 Å². The van der Waals surface area contributed by atoms with E-state index in [1.165, 1.54) is 6.20 Å². The fourth-order valence-corrected chi connectivity index (χ4v) is 5.18. The van der Waals surface area contributed by atoms with Crippen LogP contribution in [-0.4, -0.2) is 46.6 Å². The Bertz CT molecular complexity index is 939. The predicted octanol–water partition coefficient (Wildman–Crippen LogP) is 3.05. The number of hydrogen-bond donors (Lipinski definition) is 0. The average Bonchev–Trinajstić information content (AvgIpc) is 3.07. The Morgan fingerprint density at radius 1 is 1.19 bits per heavy atom. The van der Waals surface area contributed by atoms with Crippen LogP contribution in [0.5, 0.6) is 0 Å². The van der Waals surface area contributed by atoms with Crippen molar-refractivity contribution < 1.29 is 13.2 Å². The minimum atomic E-state index is -3.86. The lowest BCUT2D eigenvalue weighted by atomic mass is 9.98. The minimum absolute atomic E-state index is 0.0650. The van der Waals surface area contributed by atoms with Crippen molar-refractivity contribution >= 4 is 15.7 Å². The van der Waals surface area contributed by atoms with Crippen LogP contribution in [0.1, 0.15) is 44.2 Å². The van der Waals surface area contributed by atoms with Gasteiger partial charge < -0.3 is 4.90 Å². The lowest BCUT2D eigenvalue weighted by molar-refractivity contribution is -0.134. The number of carbonyl (C=O) groups excluding carboxylic acids is 1. The highest BCUT2D eigenvalue weighted by Crippen LogP contribution is 2.25. The Hall–Kier alpha value is -2.15. The molecule has 2 aromatic rings. The van der Waals surface area contributed by atoms with Gasteiger partial charge in [0.2, 0.25) is 20.9 Å². The minimum Gasteiger partial charge on any atom is -0.336 e. The summed E-state index contributed by atoms with van der Waals surface area (Å²) in [5.74, 6) is -0.894. The van der Waals surface area contributed by atoms with E-state index in [1.807, 2.05) is 45.9 Å². The Kier molecular flexibility index (Phi) is 5.42. The van der Waals surface area contributed by atoms with E-state index >= 15 is 0 Å². The van der Waals surface area contributed by atoms with Gasteiger partial charge >= 0.3 is 0 Å². The molecular weight excluding hydrogens is 362 g/mol. The van der Waals surface area contributed by atoms with Crippen molar-refractivity contribution in [2.75, 3.05) is 5.75 Å². The lowest BCUT2D eigenvalue weighted by Gasteiger charge is -2.39. The van der Waals surface area contributed by atoms with E-state index in [2.05, 4.69) is 4.98 Å². The monoisotopic (exact) mass is 389 g/mol. The number of rotatable bonds is 4. The van der Waals surface area contributed by atoms with E-state index in [0.29, 0.717) is 0 Å². The highest BCUT2D eigenvalue weighted by Gasteiger charge is 2.33. The molecule has 0 unspecified atom stereocenters. The maximum Gasteiger partial charge on any atom is 0.238 e. The van der Waals surface area contributed by atoms with Crippen molar-refractivity contribution in [3.8, 4) is 5.69 Å². The molecular formula is C20H27N3O3S. The molecule has 0 aliphatic carbocycles. The molecule has 27 heavy (non-hydrogen) atoms. The van der Waals surface area contributed by atoms with Crippen LogP contribution in [0.3, 0.4) is 0 Å². The summed E-state index contributed by atoms with van der Waals surface area (Å²) < 4.78 is 27.6. The van der Waals surface area contributed by atoms with Gasteiger partial charge in [0.15, 0.2) is 0 Å². The summed E-state index contributed by atoms with van der Waals surface area (Å²) in [5.41, 5.74) is 2.73. The smallest absolute Gasteiger partial charge is 0.238 e. The number of amides is 1. The quantitative estimate of drug-likeness (QED) is 0.806. The maximum atomic E-state index is 13.0. The number of aryl methyl sites for hydroxylation is 2. The summed E-state index contributed by atoms with van der Waals surface area (Å²) in [6, 6.07) is 5.98. The Morgan fingerprint density at radius 3 is 2.52 bits per heavy atom. The van der Waals surface area contributed by atoms with Gasteiger partial charge in [-0.05, 0) is 64.2 Å². The second-order valence-electron chi connectivity index (χ2n) is 7.56. The Balaban J connectivity index is 1.92. The third-order valence-corrected chi connectivity index (χ3v) is 6.79. The second kappa shape index (κ2) is 7.46. The topological polar surface area (TPSA) is 72.3 Å². The first-order valence-electron chi connectivity index (χ1n) is 9.35. The average molecular weight is 390 g/mol. The maximum absolute atomic E-state index is 13.0. The molecule has 146 valence electrons. The van der Waals surface area contributed by atoms with Crippen LogP contribution < -0.4 is 0 Å². The summed E-state index contributed by atoms with van der Waals surface area (Å²) in [6.45, 7) is 7.85. The van der Waals surface area contributed by atoms with E-state index in [0.717, 1.165) is 36.1 Å². The van der Waals surface area contributed by atoms with Gasteiger partial charge in [0.05, 0.1) is 5.69 Å². The van der Waals surface area contributed by atoms with Gasteiger partial charge in [-0.2, -0.15) is 0 Å². The number of piperidine rings is 1. The van der Waals surface area contributed by atoms with Gasteiger partial charge in [-0.25, -0.2) is 13.4 Å². The molecule has 7 heteroatoms. The molecule has 1 saturated heterocycles. The molecule has 1 aliphatic heterocycles. The Morgan fingerprint density at radius 2 is 1.85 bits per heavy atom. The Labute approximate surface area is 161 Å². The number of benzene rings is 1. The molecule has 0 saturated carbocycles. The van der Waals surface area contributed by atoms with E-state index in [4.69, 9.17) is 0 Å². The van der Waals surface area contributed by atoms with Gasteiger partial charge in [0.25, 0.3) is 0 Å². The molecule has 6 nitrogen and oxygen atoms in total. The molecule has 1 fully saturated rings. The lowest BCUT2D eigenvalue weighted by Crippen LogP contribution is -2.49. The van der Waals surface area contributed by atoms with Gasteiger partial charge in [0, 0.05) is 24.5 Å². The molecule has 1 amide bonds. The number of sulfone groups is 1. The first kappa shape index (κ1) is 19.6. The van der Waals surface area contributed by atoms with Gasteiger partial charge in [-0.3, -0.25) is 9.36 Å². The first-order valence-corrected chi connectivity index (χ1v) is 11.0. The zero-order valence-corrected chi connectivity index (χ0v) is 17.2. The van der Waals surface area contributed by atoms with Crippen LogP contribution in [0.25, 0.3) is 5.69 Å². The summed E-state index contributed by atoms with van der Waals surface area (Å²) in [7, 11) is -3.86. The molecule has 1 aromatic carbocycles. The molecule has 1 aromatic heterocycles. The van der Waals surface area contributed by atoms with Crippen molar-refractivity contribution in [1.29, 1.82) is 0 Å². The standard InChI is InChI=1S/C20H27N3O3S/c1-14-8-9-15(2)18(12-14)22-11-10-21-20(22)27(25,26)13-19(24)23-16(3)6-5-7-17(23)4/h8-12,16-17H,5-7,13H2,1-4H3/t16-,17-/m1/s1. The zero-order valence-electron chi connectivity index (χ0n) is 16.3. The molecule has 2 heterocycles. The molecule has 0 radical (unpaired) electrons. The highest BCUT2D eigenvalue weighted by molar-refractivity contribution is 7.92. The molecule has 1 aliphatic rings. The van der Waals surface area contributed by atoms with E-state index in [1.54, 1.807) is 15.7 Å². The zero-order chi connectivity index (χ0) is 19.8.